The van der Waals surface area contributed by atoms with E-state index in [1.807, 2.05) is 38.1 Å². The number of fused-ring (bicyclic) bond motifs is 2. The fraction of sp³-hybridized carbons (Fsp3) is 0.120. The highest BCUT2D eigenvalue weighted by Crippen LogP contribution is 2.28. The van der Waals surface area contributed by atoms with Crippen LogP contribution in [-0.4, -0.2) is 48.9 Å². The van der Waals surface area contributed by atoms with E-state index in [2.05, 4.69) is 15.4 Å². The van der Waals surface area contributed by atoms with Gasteiger partial charge in [0.25, 0.3) is 17.5 Å². The van der Waals surface area contributed by atoms with Crippen LogP contribution in [0.3, 0.4) is 0 Å². The zero-order valence-electron chi connectivity index (χ0n) is 19.6. The number of pyridine rings is 1. The number of benzene rings is 2. The maximum absolute atomic E-state index is 12.9. The summed E-state index contributed by atoms with van der Waals surface area (Å²) in [4.78, 5) is 54.1. The number of non-ortho nitro benzene ring substituents is 1. The number of imide groups is 1. The van der Waals surface area contributed by atoms with Gasteiger partial charge in [-0.3, -0.25) is 29.4 Å². The molecule has 0 fully saturated rings. The smallest absolute Gasteiger partial charge is 0.270 e. The van der Waals surface area contributed by atoms with Crippen molar-refractivity contribution >= 4 is 40.1 Å². The monoisotopic (exact) mass is 495 g/mol. The first-order valence-electron chi connectivity index (χ1n) is 11.0. The molecule has 0 aliphatic carbocycles. The molecule has 12 heteroatoms. The summed E-state index contributed by atoms with van der Waals surface area (Å²) in [5.41, 5.74) is 2.11. The number of amides is 3. The van der Waals surface area contributed by atoms with Crippen LogP contribution in [-0.2, 0) is 4.79 Å². The first kappa shape index (κ1) is 23.3. The quantitative estimate of drug-likeness (QED) is 0.251. The van der Waals surface area contributed by atoms with Crippen LogP contribution >= 0.6 is 0 Å². The van der Waals surface area contributed by atoms with E-state index in [0.29, 0.717) is 10.7 Å². The van der Waals surface area contributed by atoms with Crippen molar-refractivity contribution in [2.75, 3.05) is 11.9 Å². The van der Waals surface area contributed by atoms with Crippen LogP contribution in [0.1, 0.15) is 37.4 Å². The van der Waals surface area contributed by atoms with Gasteiger partial charge in [0.1, 0.15) is 18.2 Å². The molecule has 0 saturated carbocycles. The SMILES string of the molecule is Cc1cc(-n2ncc(C#N)c2NC(=O)CN2C(=O)c3ccc([N+](=O)[O-])cc3C2=O)nc2c(C)cccc12. The number of nitriles is 1. The van der Waals surface area contributed by atoms with Gasteiger partial charge in [-0.25, -0.2) is 4.98 Å². The van der Waals surface area contributed by atoms with Gasteiger partial charge in [-0.2, -0.15) is 15.0 Å². The summed E-state index contributed by atoms with van der Waals surface area (Å²) < 4.78 is 1.31. The molecule has 12 nitrogen and oxygen atoms in total. The Kier molecular flexibility index (Phi) is 5.45. The predicted molar refractivity (Wildman–Crippen MR) is 130 cm³/mol. The van der Waals surface area contributed by atoms with Gasteiger partial charge >= 0.3 is 0 Å². The molecular weight excluding hydrogens is 478 g/mol. The van der Waals surface area contributed by atoms with Crippen LogP contribution in [0.15, 0.2) is 48.7 Å². The van der Waals surface area contributed by atoms with E-state index in [4.69, 9.17) is 0 Å². The number of hydrogen-bond donors (Lipinski definition) is 1. The Morgan fingerprint density at radius 3 is 2.59 bits per heavy atom. The fourth-order valence-corrected chi connectivity index (χ4v) is 4.23. The molecule has 3 heterocycles. The normalized spacial score (nSPS) is 12.5. The van der Waals surface area contributed by atoms with Crippen molar-refractivity contribution in [2.45, 2.75) is 13.8 Å². The average molecular weight is 495 g/mol. The molecule has 182 valence electrons. The molecular formula is C25H17N7O5. The lowest BCUT2D eigenvalue weighted by Gasteiger charge is -2.15. The van der Waals surface area contributed by atoms with E-state index in [1.165, 1.54) is 16.9 Å². The third-order valence-electron chi connectivity index (χ3n) is 6.07. The molecule has 5 rings (SSSR count). The van der Waals surface area contributed by atoms with Crippen molar-refractivity contribution in [3.05, 3.63) is 86.6 Å². The molecule has 4 aromatic rings. The van der Waals surface area contributed by atoms with Crippen LogP contribution in [0.25, 0.3) is 16.7 Å². The highest BCUT2D eigenvalue weighted by molar-refractivity contribution is 6.23. The molecule has 0 saturated heterocycles. The number of rotatable bonds is 5. The Bertz CT molecular complexity index is 1720. The number of para-hydroxylation sites is 1. The summed E-state index contributed by atoms with van der Waals surface area (Å²) in [6.07, 6.45) is 1.27. The second kappa shape index (κ2) is 8.65. The van der Waals surface area contributed by atoms with Gasteiger partial charge in [0, 0.05) is 17.5 Å². The number of nitro groups is 1. The van der Waals surface area contributed by atoms with Gasteiger partial charge in [0.05, 0.1) is 27.8 Å². The number of aromatic nitrogens is 3. The predicted octanol–water partition coefficient (Wildman–Crippen LogP) is 3.05. The third kappa shape index (κ3) is 3.84. The molecule has 0 unspecified atom stereocenters. The first-order chi connectivity index (χ1) is 17.7. The maximum atomic E-state index is 12.9. The molecule has 0 bridgehead atoms. The minimum Gasteiger partial charge on any atom is -0.308 e. The Morgan fingerprint density at radius 1 is 1.11 bits per heavy atom. The van der Waals surface area contributed by atoms with E-state index in [-0.39, 0.29) is 28.2 Å². The van der Waals surface area contributed by atoms with E-state index in [0.717, 1.165) is 34.2 Å². The number of nitrogens with zero attached hydrogens (tertiary/aromatic N) is 6. The van der Waals surface area contributed by atoms with Gasteiger partial charge in [0.2, 0.25) is 5.91 Å². The average Bonchev–Trinajstić information content (AvgIpc) is 3.38. The summed E-state index contributed by atoms with van der Waals surface area (Å²) in [7, 11) is 0. The first-order valence-corrected chi connectivity index (χ1v) is 11.0. The lowest BCUT2D eigenvalue weighted by Crippen LogP contribution is -2.37. The Labute approximate surface area is 208 Å². The molecule has 1 N–H and O–H groups in total. The zero-order chi connectivity index (χ0) is 26.4. The van der Waals surface area contributed by atoms with E-state index >= 15 is 0 Å². The molecule has 37 heavy (non-hydrogen) atoms. The minimum atomic E-state index is -0.824. The lowest BCUT2D eigenvalue weighted by molar-refractivity contribution is -0.384. The number of carbonyl (C=O) groups is 3. The van der Waals surface area contributed by atoms with E-state index < -0.39 is 29.2 Å². The number of anilines is 1. The van der Waals surface area contributed by atoms with Crippen molar-refractivity contribution in [3.63, 3.8) is 0 Å². The van der Waals surface area contributed by atoms with Crippen LogP contribution < -0.4 is 5.32 Å². The largest absolute Gasteiger partial charge is 0.308 e. The van der Waals surface area contributed by atoms with Gasteiger partial charge in [-0.15, -0.1) is 0 Å². The second-order valence-electron chi connectivity index (χ2n) is 8.43. The minimum absolute atomic E-state index is 0.0274. The molecule has 1 aliphatic heterocycles. The zero-order valence-corrected chi connectivity index (χ0v) is 19.6. The molecule has 1 aliphatic rings. The highest BCUT2D eigenvalue weighted by Gasteiger charge is 2.38. The molecule has 3 amide bonds. The standard InChI is InChI=1S/C25H17N7O5/c1-13-4-3-5-17-14(2)8-20(28-22(13)17)31-23(15(10-26)11-27-31)29-21(33)12-30-24(34)18-7-6-16(32(36)37)9-19(18)25(30)35/h3-9,11H,12H2,1-2H3,(H,29,33). The number of hydrogen-bond acceptors (Lipinski definition) is 8. The van der Waals surface area contributed by atoms with Crippen molar-refractivity contribution < 1.29 is 19.3 Å². The van der Waals surface area contributed by atoms with Gasteiger partial charge in [-0.1, -0.05) is 18.2 Å². The summed E-state index contributed by atoms with van der Waals surface area (Å²) >= 11 is 0. The lowest BCUT2D eigenvalue weighted by atomic mass is 10.1. The highest BCUT2D eigenvalue weighted by atomic mass is 16.6. The number of carbonyl (C=O) groups excluding carboxylic acids is 3. The van der Waals surface area contributed by atoms with Gasteiger partial charge in [-0.05, 0) is 37.1 Å². The van der Waals surface area contributed by atoms with Gasteiger partial charge < -0.3 is 5.32 Å². The molecule has 2 aromatic heterocycles. The summed E-state index contributed by atoms with van der Waals surface area (Å²) in [5.74, 6) is -1.95. The van der Waals surface area contributed by atoms with Crippen molar-refractivity contribution in [1.82, 2.24) is 19.7 Å². The molecule has 0 radical (unpaired) electrons. The third-order valence-corrected chi connectivity index (χ3v) is 6.07. The van der Waals surface area contributed by atoms with Crippen LogP contribution in [0.2, 0.25) is 0 Å². The Hall–Kier alpha value is -5.44. The summed E-state index contributed by atoms with van der Waals surface area (Å²) in [5, 5.41) is 28.3. The van der Waals surface area contributed by atoms with Crippen molar-refractivity contribution in [1.29, 1.82) is 5.26 Å². The summed E-state index contributed by atoms with van der Waals surface area (Å²) in [6.45, 7) is 3.16. The topological polar surface area (TPSA) is 164 Å². The Morgan fingerprint density at radius 2 is 1.86 bits per heavy atom. The fourth-order valence-electron chi connectivity index (χ4n) is 4.23. The number of nitro benzene ring substituents is 1. The van der Waals surface area contributed by atoms with Crippen molar-refractivity contribution in [2.24, 2.45) is 0 Å². The van der Waals surface area contributed by atoms with Crippen molar-refractivity contribution in [3.8, 4) is 11.9 Å². The molecule has 2 aromatic carbocycles. The van der Waals surface area contributed by atoms with Crippen LogP contribution in [0.5, 0.6) is 0 Å². The van der Waals surface area contributed by atoms with E-state index in [1.54, 1.807) is 6.07 Å². The second-order valence-corrected chi connectivity index (χ2v) is 8.43. The summed E-state index contributed by atoms with van der Waals surface area (Å²) in [6, 6.07) is 12.8. The van der Waals surface area contributed by atoms with Gasteiger partial charge in [0.15, 0.2) is 11.6 Å². The van der Waals surface area contributed by atoms with Crippen LogP contribution in [0.4, 0.5) is 11.5 Å². The molecule has 0 atom stereocenters. The number of nitrogens with one attached hydrogen (secondary N) is 1. The Balaban J connectivity index is 1.45. The molecule has 0 spiro atoms. The van der Waals surface area contributed by atoms with E-state index in [9.17, 15) is 29.8 Å². The number of aryl methyl sites for hydroxylation is 2. The van der Waals surface area contributed by atoms with Crippen LogP contribution in [0, 0.1) is 35.3 Å². The maximum Gasteiger partial charge on any atom is 0.270 e.